The normalized spacial score (nSPS) is 12.4. The van der Waals surface area contributed by atoms with Crippen molar-refractivity contribution in [3.8, 4) is 5.75 Å². The van der Waals surface area contributed by atoms with Crippen LogP contribution in [0.1, 0.15) is 37.4 Å². The van der Waals surface area contributed by atoms with Crippen molar-refractivity contribution < 1.29 is 22.7 Å². The number of benzene rings is 2. The van der Waals surface area contributed by atoms with E-state index in [1.54, 1.807) is 55.5 Å². The van der Waals surface area contributed by atoms with Gasteiger partial charge in [0, 0.05) is 0 Å². The number of carbonyl (C=O) groups excluding carboxylic acids is 1. The van der Waals surface area contributed by atoms with E-state index in [0.29, 0.717) is 23.5 Å². The Kier molecular flexibility index (Phi) is 7.82. The van der Waals surface area contributed by atoms with Gasteiger partial charge in [-0.2, -0.15) is 0 Å². The van der Waals surface area contributed by atoms with Crippen molar-refractivity contribution >= 4 is 16.0 Å². The Morgan fingerprint density at radius 2 is 1.67 bits per heavy atom. The molecule has 0 saturated heterocycles. The fourth-order valence-electron chi connectivity index (χ4n) is 2.63. The lowest BCUT2D eigenvalue weighted by Crippen LogP contribution is -2.31. The van der Waals surface area contributed by atoms with Gasteiger partial charge >= 0.3 is 5.97 Å². The van der Waals surface area contributed by atoms with E-state index in [9.17, 15) is 13.2 Å². The molecule has 0 bridgehead atoms. The van der Waals surface area contributed by atoms with Gasteiger partial charge in [0.15, 0.2) is 0 Å². The van der Waals surface area contributed by atoms with Gasteiger partial charge in [-0.25, -0.2) is 13.1 Å². The van der Waals surface area contributed by atoms with Crippen LogP contribution in [0.3, 0.4) is 0 Å². The van der Waals surface area contributed by atoms with Gasteiger partial charge in [-0.3, -0.25) is 4.79 Å². The van der Waals surface area contributed by atoms with E-state index < -0.39 is 22.0 Å². The quantitative estimate of drug-likeness (QED) is 0.629. The lowest BCUT2D eigenvalue weighted by Gasteiger charge is -2.19. The van der Waals surface area contributed by atoms with Crippen molar-refractivity contribution in [2.75, 3.05) is 13.2 Å². The van der Waals surface area contributed by atoms with Crippen LogP contribution in [0, 0.1) is 0 Å². The van der Waals surface area contributed by atoms with Gasteiger partial charge in [-0.05, 0) is 37.1 Å². The zero-order valence-corrected chi connectivity index (χ0v) is 16.4. The second-order valence-electron chi connectivity index (χ2n) is 5.93. The fourth-order valence-corrected chi connectivity index (χ4v) is 4.00. The molecule has 0 radical (unpaired) electrons. The minimum absolute atomic E-state index is 0.0875. The molecule has 1 unspecified atom stereocenters. The van der Waals surface area contributed by atoms with Crippen LogP contribution in [0.15, 0.2) is 54.6 Å². The topological polar surface area (TPSA) is 81.7 Å². The predicted molar refractivity (Wildman–Crippen MR) is 104 cm³/mol. The second kappa shape index (κ2) is 10.1. The van der Waals surface area contributed by atoms with E-state index >= 15 is 0 Å². The Hall–Kier alpha value is -2.38. The van der Waals surface area contributed by atoms with Gasteiger partial charge in [-0.15, -0.1) is 0 Å². The molecule has 0 aromatic heterocycles. The molecule has 146 valence electrons. The summed E-state index contributed by atoms with van der Waals surface area (Å²) in [4.78, 5) is 12.0. The van der Waals surface area contributed by atoms with E-state index in [1.807, 2.05) is 13.0 Å². The first-order chi connectivity index (χ1) is 12.9. The van der Waals surface area contributed by atoms with Crippen LogP contribution in [0.2, 0.25) is 0 Å². The summed E-state index contributed by atoms with van der Waals surface area (Å²) in [5.41, 5.74) is 1.34. The largest absolute Gasteiger partial charge is 0.494 e. The number of nitrogens with one attached hydrogen (secondary N) is 1. The molecule has 0 aliphatic carbocycles. The molecule has 2 rings (SSSR count). The Labute approximate surface area is 160 Å². The Balaban J connectivity index is 2.19. The van der Waals surface area contributed by atoms with Crippen LogP contribution < -0.4 is 9.46 Å². The fraction of sp³-hybridized carbons (Fsp3) is 0.350. The van der Waals surface area contributed by atoms with Crippen LogP contribution in [0.5, 0.6) is 5.75 Å². The maximum absolute atomic E-state index is 12.6. The highest BCUT2D eigenvalue weighted by Gasteiger charge is 2.23. The first kappa shape index (κ1) is 20.9. The third-order valence-corrected chi connectivity index (χ3v) is 5.15. The molecule has 1 atom stereocenters. The molecule has 0 aliphatic rings. The van der Waals surface area contributed by atoms with E-state index in [1.165, 1.54) is 0 Å². The van der Waals surface area contributed by atoms with Crippen LogP contribution in [0.25, 0.3) is 0 Å². The maximum Gasteiger partial charge on any atom is 0.307 e. The number of carbonyl (C=O) groups is 1. The summed E-state index contributed by atoms with van der Waals surface area (Å²) in [6, 6.07) is 15.2. The monoisotopic (exact) mass is 391 g/mol. The second-order valence-corrected chi connectivity index (χ2v) is 7.68. The first-order valence-electron chi connectivity index (χ1n) is 8.85. The highest BCUT2D eigenvalue weighted by Crippen LogP contribution is 2.22. The van der Waals surface area contributed by atoms with Gasteiger partial charge in [0.25, 0.3) is 0 Å². The molecule has 0 heterocycles. The van der Waals surface area contributed by atoms with Gasteiger partial charge in [0.1, 0.15) is 5.75 Å². The van der Waals surface area contributed by atoms with Gasteiger partial charge in [0.05, 0.1) is 31.4 Å². The molecule has 0 aliphatic heterocycles. The Bertz CT molecular complexity index is 819. The molecule has 27 heavy (non-hydrogen) atoms. The van der Waals surface area contributed by atoms with Crippen LogP contribution in [-0.4, -0.2) is 27.6 Å². The minimum atomic E-state index is -3.65. The smallest absolute Gasteiger partial charge is 0.307 e. The lowest BCUT2D eigenvalue weighted by atomic mass is 10.0. The molecule has 2 aromatic carbocycles. The van der Waals surface area contributed by atoms with E-state index in [4.69, 9.17) is 9.47 Å². The van der Waals surface area contributed by atoms with Crippen molar-refractivity contribution in [1.29, 1.82) is 0 Å². The van der Waals surface area contributed by atoms with Crippen LogP contribution >= 0.6 is 0 Å². The van der Waals surface area contributed by atoms with E-state index in [0.717, 1.165) is 0 Å². The molecular formula is C20H25NO5S. The van der Waals surface area contributed by atoms with Gasteiger partial charge < -0.3 is 9.47 Å². The molecule has 1 N–H and O–H groups in total. The third kappa shape index (κ3) is 7.03. The summed E-state index contributed by atoms with van der Waals surface area (Å²) in [6.45, 7) is 4.37. The summed E-state index contributed by atoms with van der Waals surface area (Å²) in [6.07, 6.45) is -0.0875. The summed E-state index contributed by atoms with van der Waals surface area (Å²) in [7, 11) is -3.65. The van der Waals surface area contributed by atoms with Crippen molar-refractivity contribution in [3.63, 3.8) is 0 Å². The number of esters is 1. The van der Waals surface area contributed by atoms with Gasteiger partial charge in [0.2, 0.25) is 10.0 Å². The number of rotatable bonds is 10. The summed E-state index contributed by atoms with van der Waals surface area (Å²) < 4.78 is 38.2. The summed E-state index contributed by atoms with van der Waals surface area (Å²) in [5, 5.41) is 0. The van der Waals surface area contributed by atoms with Crippen molar-refractivity contribution in [3.05, 3.63) is 65.7 Å². The molecule has 0 saturated carbocycles. The number of hydrogen-bond acceptors (Lipinski definition) is 5. The summed E-state index contributed by atoms with van der Waals surface area (Å²) in [5.74, 6) is 0.0616. The number of hydrogen-bond donors (Lipinski definition) is 1. The molecule has 2 aromatic rings. The minimum Gasteiger partial charge on any atom is -0.494 e. The highest BCUT2D eigenvalue weighted by atomic mass is 32.2. The molecule has 0 fully saturated rings. The molecule has 0 spiro atoms. The number of sulfonamides is 1. The lowest BCUT2D eigenvalue weighted by molar-refractivity contribution is -0.143. The first-order valence-corrected chi connectivity index (χ1v) is 10.5. The average Bonchev–Trinajstić information content (AvgIpc) is 2.62. The molecule has 7 heteroatoms. The Morgan fingerprint density at radius 1 is 1.00 bits per heavy atom. The molecule has 0 amide bonds. The maximum atomic E-state index is 12.6. The van der Waals surface area contributed by atoms with Crippen molar-refractivity contribution in [2.45, 2.75) is 32.1 Å². The SMILES string of the molecule is CCOC(=O)CC(NS(=O)(=O)Cc1ccccc1)c1ccc(OCC)cc1. The average molecular weight is 391 g/mol. The molecule has 6 nitrogen and oxygen atoms in total. The third-order valence-electron chi connectivity index (χ3n) is 3.79. The standard InChI is InChI=1S/C20H25NO5S/c1-3-25-18-12-10-17(11-13-18)19(14-20(22)26-4-2)21-27(23,24)15-16-8-6-5-7-9-16/h5-13,19,21H,3-4,14-15H2,1-2H3. The predicted octanol–water partition coefficient (Wildman–Crippen LogP) is 3.20. The van der Waals surface area contributed by atoms with Crippen LogP contribution in [0.4, 0.5) is 0 Å². The summed E-state index contributed by atoms with van der Waals surface area (Å²) >= 11 is 0. The Morgan fingerprint density at radius 3 is 2.26 bits per heavy atom. The van der Waals surface area contributed by atoms with E-state index in [-0.39, 0.29) is 18.8 Å². The van der Waals surface area contributed by atoms with Gasteiger partial charge in [-0.1, -0.05) is 42.5 Å². The van der Waals surface area contributed by atoms with E-state index in [2.05, 4.69) is 4.72 Å². The van der Waals surface area contributed by atoms with Crippen LogP contribution in [-0.2, 0) is 25.3 Å². The highest BCUT2D eigenvalue weighted by molar-refractivity contribution is 7.88. The zero-order chi connectivity index (χ0) is 19.7. The zero-order valence-electron chi connectivity index (χ0n) is 15.6. The number of ether oxygens (including phenoxy) is 2. The van der Waals surface area contributed by atoms with Crippen molar-refractivity contribution in [2.24, 2.45) is 0 Å². The van der Waals surface area contributed by atoms with Crippen molar-refractivity contribution in [1.82, 2.24) is 4.72 Å². The molecular weight excluding hydrogens is 366 g/mol.